The van der Waals surface area contributed by atoms with Crippen molar-refractivity contribution < 1.29 is 14.4 Å². The molecule has 1 atom stereocenters. The van der Waals surface area contributed by atoms with Crippen LogP contribution in [0, 0.1) is 5.92 Å². The van der Waals surface area contributed by atoms with Crippen LogP contribution < -0.4 is 15.1 Å². The lowest BCUT2D eigenvalue weighted by atomic mass is 9.94. The van der Waals surface area contributed by atoms with Crippen molar-refractivity contribution in [3.05, 3.63) is 34.7 Å². The van der Waals surface area contributed by atoms with E-state index in [-0.39, 0.29) is 17.7 Å². The van der Waals surface area contributed by atoms with Crippen LogP contribution in [-0.4, -0.2) is 42.6 Å². The summed E-state index contributed by atoms with van der Waals surface area (Å²) in [4.78, 5) is 42.2. The molecular formula is C24H31N3O3S. The van der Waals surface area contributed by atoms with Crippen LogP contribution in [0.15, 0.2) is 29.2 Å². The number of carbonyl (C=O) groups excluding carboxylic acids is 3. The highest BCUT2D eigenvalue weighted by molar-refractivity contribution is 8.02. The third kappa shape index (κ3) is 4.81. The highest BCUT2D eigenvalue weighted by Crippen LogP contribution is 2.40. The Morgan fingerprint density at radius 3 is 2.77 bits per heavy atom. The summed E-state index contributed by atoms with van der Waals surface area (Å²) in [5.41, 5.74) is 3.90. The molecule has 7 heteroatoms. The zero-order chi connectivity index (χ0) is 22.0. The lowest BCUT2D eigenvalue weighted by Crippen LogP contribution is -2.53. The fourth-order valence-electron chi connectivity index (χ4n) is 4.48. The van der Waals surface area contributed by atoms with E-state index in [1.807, 2.05) is 28.0 Å². The van der Waals surface area contributed by atoms with E-state index in [9.17, 15) is 14.4 Å². The molecule has 1 fully saturated rings. The number of anilines is 2. The van der Waals surface area contributed by atoms with E-state index in [1.54, 1.807) is 11.8 Å². The molecule has 4 rings (SSSR count). The van der Waals surface area contributed by atoms with Crippen molar-refractivity contribution in [3.8, 4) is 0 Å². The van der Waals surface area contributed by atoms with Gasteiger partial charge in [-0.25, -0.2) is 0 Å². The van der Waals surface area contributed by atoms with Crippen molar-refractivity contribution in [1.82, 2.24) is 5.32 Å². The number of benzene rings is 1. The van der Waals surface area contributed by atoms with Gasteiger partial charge >= 0.3 is 0 Å². The molecule has 3 amide bonds. The van der Waals surface area contributed by atoms with Gasteiger partial charge in [0.15, 0.2) is 0 Å². The van der Waals surface area contributed by atoms with Gasteiger partial charge in [-0.2, -0.15) is 0 Å². The predicted octanol–water partition coefficient (Wildman–Crippen LogP) is 3.64. The number of hydrogen-bond acceptors (Lipinski definition) is 4. The average Bonchev–Trinajstić information content (AvgIpc) is 3.40. The van der Waals surface area contributed by atoms with E-state index in [1.165, 1.54) is 5.57 Å². The van der Waals surface area contributed by atoms with Crippen molar-refractivity contribution in [3.63, 3.8) is 0 Å². The summed E-state index contributed by atoms with van der Waals surface area (Å²) >= 11 is 1.77. The Hall–Kier alpha value is -2.28. The summed E-state index contributed by atoms with van der Waals surface area (Å²) in [6.07, 6.45) is 4.04. The third-order valence-electron chi connectivity index (χ3n) is 6.16. The quantitative estimate of drug-likeness (QED) is 0.701. The van der Waals surface area contributed by atoms with Crippen LogP contribution in [0.3, 0.4) is 0 Å². The van der Waals surface area contributed by atoms with E-state index in [0.717, 1.165) is 42.0 Å². The van der Waals surface area contributed by atoms with Crippen molar-refractivity contribution in [2.24, 2.45) is 5.92 Å². The molecule has 0 radical (unpaired) electrons. The van der Waals surface area contributed by atoms with Crippen molar-refractivity contribution in [1.29, 1.82) is 0 Å². The van der Waals surface area contributed by atoms with Gasteiger partial charge in [0.05, 0.1) is 11.4 Å². The smallest absolute Gasteiger partial charge is 0.250 e. The first-order chi connectivity index (χ1) is 14.9. The summed E-state index contributed by atoms with van der Waals surface area (Å²) in [5, 5.41) is 5.12. The number of rotatable bonds is 7. The van der Waals surface area contributed by atoms with Crippen molar-refractivity contribution in [2.45, 2.75) is 58.4 Å². The first-order valence-corrected chi connectivity index (χ1v) is 12.3. The number of para-hydroxylation sites is 1. The van der Waals surface area contributed by atoms with Gasteiger partial charge in [0.2, 0.25) is 17.7 Å². The average molecular weight is 442 g/mol. The summed E-state index contributed by atoms with van der Waals surface area (Å²) in [7, 11) is 0. The van der Waals surface area contributed by atoms with Crippen LogP contribution >= 0.6 is 11.8 Å². The van der Waals surface area contributed by atoms with Crippen molar-refractivity contribution >= 4 is 40.9 Å². The van der Waals surface area contributed by atoms with Gasteiger partial charge in [-0.15, -0.1) is 11.8 Å². The second kappa shape index (κ2) is 9.47. The SMILES string of the molecule is CC(C)CCC(=O)NC1Cc2cccc(N3CCCC3=O)c2N(CC2=CSCC2)C1=O. The zero-order valence-corrected chi connectivity index (χ0v) is 19.2. The second-order valence-corrected chi connectivity index (χ2v) is 9.99. The Morgan fingerprint density at radius 2 is 2.10 bits per heavy atom. The normalized spacial score (nSPS) is 21.0. The van der Waals surface area contributed by atoms with Crippen LogP contribution in [0.1, 0.15) is 51.5 Å². The number of thioether (sulfide) groups is 1. The fourth-order valence-corrected chi connectivity index (χ4v) is 5.41. The second-order valence-electron chi connectivity index (χ2n) is 9.01. The maximum atomic E-state index is 13.6. The van der Waals surface area contributed by atoms with Gasteiger partial charge in [-0.05, 0) is 47.8 Å². The molecule has 0 saturated carbocycles. The van der Waals surface area contributed by atoms with Crippen LogP contribution in [-0.2, 0) is 20.8 Å². The molecule has 31 heavy (non-hydrogen) atoms. The molecule has 3 aliphatic rings. The molecule has 3 aliphatic heterocycles. The van der Waals surface area contributed by atoms with Crippen molar-refractivity contribution in [2.75, 3.05) is 28.6 Å². The topological polar surface area (TPSA) is 69.7 Å². The molecule has 1 saturated heterocycles. The molecule has 1 aromatic rings. The van der Waals surface area contributed by atoms with Gasteiger partial charge in [0.1, 0.15) is 6.04 Å². The molecule has 0 aliphatic carbocycles. The first kappa shape index (κ1) is 21.9. The van der Waals surface area contributed by atoms with Gasteiger partial charge in [0, 0.05) is 38.1 Å². The molecule has 6 nitrogen and oxygen atoms in total. The maximum Gasteiger partial charge on any atom is 0.250 e. The lowest BCUT2D eigenvalue weighted by molar-refractivity contribution is -0.128. The number of hydrogen-bond donors (Lipinski definition) is 1. The van der Waals surface area contributed by atoms with E-state index < -0.39 is 6.04 Å². The minimum absolute atomic E-state index is 0.0723. The monoisotopic (exact) mass is 441 g/mol. The standard InChI is InChI=1S/C24H31N3O3S/c1-16(2)8-9-21(28)25-19-13-18-5-3-6-20(26-11-4-7-22(26)29)23(18)27(24(19)30)14-17-10-12-31-15-17/h3,5-6,15-16,19H,4,7-14H2,1-2H3,(H,25,28). The molecular weight excluding hydrogens is 410 g/mol. The summed E-state index contributed by atoms with van der Waals surface area (Å²) in [5.74, 6) is 1.43. The van der Waals surface area contributed by atoms with E-state index in [0.29, 0.717) is 38.3 Å². The molecule has 0 bridgehead atoms. The Labute approximate surface area is 188 Å². The van der Waals surface area contributed by atoms with E-state index in [4.69, 9.17) is 0 Å². The van der Waals surface area contributed by atoms with Gasteiger partial charge < -0.3 is 15.1 Å². The molecule has 3 heterocycles. The number of nitrogens with zero attached hydrogens (tertiary/aromatic N) is 2. The number of fused-ring (bicyclic) bond motifs is 1. The molecule has 1 aromatic carbocycles. The number of nitrogens with one attached hydrogen (secondary N) is 1. The zero-order valence-electron chi connectivity index (χ0n) is 18.4. The minimum atomic E-state index is -0.564. The molecule has 1 unspecified atom stereocenters. The minimum Gasteiger partial charge on any atom is -0.344 e. The van der Waals surface area contributed by atoms with Crippen LogP contribution in [0.25, 0.3) is 0 Å². The number of amides is 3. The molecule has 166 valence electrons. The van der Waals surface area contributed by atoms with Crippen LogP contribution in [0.4, 0.5) is 11.4 Å². The summed E-state index contributed by atoms with van der Waals surface area (Å²) in [6.45, 7) is 5.37. The Balaban J connectivity index is 1.65. The molecule has 0 spiro atoms. The van der Waals surface area contributed by atoms with E-state index in [2.05, 4.69) is 24.6 Å². The lowest BCUT2D eigenvalue weighted by Gasteiger charge is -2.37. The molecule has 0 aromatic heterocycles. The van der Waals surface area contributed by atoms with Crippen LogP contribution in [0.5, 0.6) is 0 Å². The highest BCUT2D eigenvalue weighted by atomic mass is 32.2. The Morgan fingerprint density at radius 1 is 1.26 bits per heavy atom. The molecule has 1 N–H and O–H groups in total. The van der Waals surface area contributed by atoms with Crippen LogP contribution in [0.2, 0.25) is 0 Å². The Bertz CT molecular complexity index is 911. The highest BCUT2D eigenvalue weighted by Gasteiger charge is 2.38. The fraction of sp³-hybridized carbons (Fsp3) is 0.542. The van der Waals surface area contributed by atoms with Gasteiger partial charge in [0.25, 0.3) is 0 Å². The largest absolute Gasteiger partial charge is 0.344 e. The van der Waals surface area contributed by atoms with Gasteiger partial charge in [-0.1, -0.05) is 26.0 Å². The predicted molar refractivity (Wildman–Crippen MR) is 125 cm³/mol. The Kier molecular flexibility index (Phi) is 6.70. The summed E-state index contributed by atoms with van der Waals surface area (Å²) in [6, 6.07) is 5.35. The summed E-state index contributed by atoms with van der Waals surface area (Å²) < 4.78 is 0. The third-order valence-corrected chi connectivity index (χ3v) is 7.10. The first-order valence-electron chi connectivity index (χ1n) is 11.3. The number of carbonyl (C=O) groups is 3. The van der Waals surface area contributed by atoms with Gasteiger partial charge in [-0.3, -0.25) is 14.4 Å². The van der Waals surface area contributed by atoms with E-state index >= 15 is 0 Å². The maximum absolute atomic E-state index is 13.6.